The summed E-state index contributed by atoms with van der Waals surface area (Å²) in [5.41, 5.74) is 2.53. The van der Waals surface area contributed by atoms with Gasteiger partial charge < -0.3 is 15.4 Å². The first-order chi connectivity index (χ1) is 9.93. The number of hydrogen-bond donors (Lipinski definition) is 2. The van der Waals surface area contributed by atoms with Gasteiger partial charge in [-0.15, -0.1) is 0 Å². The van der Waals surface area contributed by atoms with Gasteiger partial charge in [0.15, 0.2) is 0 Å². The lowest BCUT2D eigenvalue weighted by molar-refractivity contribution is -0.120. The number of anilines is 1. The summed E-state index contributed by atoms with van der Waals surface area (Å²) in [6, 6.07) is 8.40. The van der Waals surface area contributed by atoms with E-state index in [4.69, 9.17) is 4.74 Å². The van der Waals surface area contributed by atoms with Crippen LogP contribution < -0.4 is 10.6 Å². The van der Waals surface area contributed by atoms with E-state index in [1.54, 1.807) is 7.11 Å². The summed E-state index contributed by atoms with van der Waals surface area (Å²) < 4.78 is 4.93. The second-order valence-corrected chi connectivity index (χ2v) is 6.20. The van der Waals surface area contributed by atoms with E-state index in [-0.39, 0.29) is 11.3 Å². The number of ether oxygens (including phenoxy) is 1. The van der Waals surface area contributed by atoms with Crippen molar-refractivity contribution in [1.29, 1.82) is 0 Å². The Balaban J connectivity index is 2.25. The van der Waals surface area contributed by atoms with Gasteiger partial charge in [-0.1, -0.05) is 32.9 Å². The van der Waals surface area contributed by atoms with Crippen molar-refractivity contribution in [3.63, 3.8) is 0 Å². The molecule has 0 bridgehead atoms. The van der Waals surface area contributed by atoms with E-state index in [2.05, 4.69) is 55.7 Å². The van der Waals surface area contributed by atoms with Crippen molar-refractivity contribution in [3.05, 3.63) is 29.8 Å². The molecule has 1 aromatic rings. The predicted octanol–water partition coefficient (Wildman–Crippen LogP) is 2.94. The van der Waals surface area contributed by atoms with Crippen molar-refractivity contribution in [1.82, 2.24) is 5.32 Å². The fraction of sp³-hybridized carbons (Fsp3) is 0.588. The van der Waals surface area contributed by atoms with Gasteiger partial charge in [0, 0.05) is 38.9 Å². The van der Waals surface area contributed by atoms with E-state index in [9.17, 15) is 4.79 Å². The maximum absolute atomic E-state index is 11.6. The van der Waals surface area contributed by atoms with Crippen LogP contribution >= 0.6 is 0 Å². The van der Waals surface area contributed by atoms with Crippen LogP contribution in [0.4, 0.5) is 5.69 Å². The van der Waals surface area contributed by atoms with Crippen molar-refractivity contribution < 1.29 is 9.53 Å². The molecule has 118 valence electrons. The molecule has 1 rings (SSSR count). The molecular formula is C17H28N2O2. The molecule has 0 aliphatic rings. The summed E-state index contributed by atoms with van der Waals surface area (Å²) in [6.45, 7) is 8.59. The van der Waals surface area contributed by atoms with Gasteiger partial charge >= 0.3 is 0 Å². The molecule has 0 radical (unpaired) electrons. The number of hydrogen-bond acceptors (Lipinski definition) is 3. The lowest BCUT2D eigenvalue weighted by Crippen LogP contribution is -2.26. The van der Waals surface area contributed by atoms with Gasteiger partial charge in [-0.25, -0.2) is 0 Å². The quantitative estimate of drug-likeness (QED) is 0.724. The molecule has 0 unspecified atom stereocenters. The lowest BCUT2D eigenvalue weighted by atomic mass is 9.87. The maximum Gasteiger partial charge on any atom is 0.221 e. The van der Waals surface area contributed by atoms with Gasteiger partial charge in [0.1, 0.15) is 0 Å². The third-order valence-electron chi connectivity index (χ3n) is 3.28. The number of rotatable bonds is 8. The van der Waals surface area contributed by atoms with Crippen LogP contribution in [0.15, 0.2) is 24.3 Å². The molecule has 0 aliphatic carbocycles. The number of carbonyl (C=O) groups is 1. The van der Waals surface area contributed by atoms with Crippen LogP contribution in [0.25, 0.3) is 0 Å². The second-order valence-electron chi connectivity index (χ2n) is 6.20. The summed E-state index contributed by atoms with van der Waals surface area (Å²) in [6.07, 6.45) is 1.33. The minimum absolute atomic E-state index is 0.0740. The maximum atomic E-state index is 11.6. The Morgan fingerprint density at radius 3 is 2.38 bits per heavy atom. The topological polar surface area (TPSA) is 50.4 Å². The zero-order valence-electron chi connectivity index (χ0n) is 13.7. The SMILES string of the molecule is COCCCNC(=O)CCNc1ccc(C(C)(C)C)cc1. The van der Waals surface area contributed by atoms with Crippen LogP contribution in [0.1, 0.15) is 39.2 Å². The molecule has 21 heavy (non-hydrogen) atoms. The van der Waals surface area contributed by atoms with Crippen LogP contribution in [0.2, 0.25) is 0 Å². The molecule has 4 heteroatoms. The minimum Gasteiger partial charge on any atom is -0.385 e. The number of nitrogens with one attached hydrogen (secondary N) is 2. The molecule has 0 saturated carbocycles. The van der Waals surface area contributed by atoms with E-state index in [1.165, 1.54) is 5.56 Å². The van der Waals surface area contributed by atoms with Crippen molar-refractivity contribution >= 4 is 11.6 Å². The van der Waals surface area contributed by atoms with E-state index in [1.807, 2.05) is 0 Å². The van der Waals surface area contributed by atoms with E-state index in [0.29, 0.717) is 26.1 Å². The molecule has 0 atom stereocenters. The first-order valence-corrected chi connectivity index (χ1v) is 7.53. The Hall–Kier alpha value is -1.55. The van der Waals surface area contributed by atoms with Gasteiger partial charge in [-0.3, -0.25) is 4.79 Å². The highest BCUT2D eigenvalue weighted by Gasteiger charge is 2.12. The molecule has 2 N–H and O–H groups in total. The molecule has 0 saturated heterocycles. The van der Waals surface area contributed by atoms with Crippen LogP contribution in [0.5, 0.6) is 0 Å². The van der Waals surface area contributed by atoms with Crippen LogP contribution in [-0.2, 0) is 14.9 Å². The van der Waals surface area contributed by atoms with Crippen LogP contribution in [-0.4, -0.2) is 32.7 Å². The minimum atomic E-state index is 0.0740. The van der Waals surface area contributed by atoms with Crippen LogP contribution in [0.3, 0.4) is 0 Å². The normalized spacial score (nSPS) is 11.2. The molecular weight excluding hydrogens is 264 g/mol. The fourth-order valence-electron chi connectivity index (χ4n) is 1.94. The molecule has 0 heterocycles. The number of benzene rings is 1. The second kappa shape index (κ2) is 8.67. The van der Waals surface area contributed by atoms with E-state index < -0.39 is 0 Å². The molecule has 1 aromatic carbocycles. The highest BCUT2D eigenvalue weighted by atomic mass is 16.5. The fourth-order valence-corrected chi connectivity index (χ4v) is 1.94. The van der Waals surface area contributed by atoms with Gasteiger partial charge in [0.05, 0.1) is 0 Å². The van der Waals surface area contributed by atoms with E-state index in [0.717, 1.165) is 12.1 Å². The predicted molar refractivity (Wildman–Crippen MR) is 87.8 cm³/mol. The number of methoxy groups -OCH3 is 1. The Bertz CT molecular complexity index is 421. The summed E-state index contributed by atoms with van der Waals surface area (Å²) in [5.74, 6) is 0.0740. The zero-order chi connectivity index (χ0) is 15.7. The first-order valence-electron chi connectivity index (χ1n) is 7.53. The van der Waals surface area contributed by atoms with Gasteiger partial charge in [0.25, 0.3) is 0 Å². The highest BCUT2D eigenvalue weighted by molar-refractivity contribution is 5.76. The van der Waals surface area contributed by atoms with Crippen molar-refractivity contribution in [2.45, 2.75) is 39.0 Å². The Morgan fingerprint density at radius 2 is 1.81 bits per heavy atom. The Morgan fingerprint density at radius 1 is 1.14 bits per heavy atom. The number of carbonyl (C=O) groups excluding carboxylic acids is 1. The third-order valence-corrected chi connectivity index (χ3v) is 3.28. The summed E-state index contributed by atoms with van der Waals surface area (Å²) >= 11 is 0. The summed E-state index contributed by atoms with van der Waals surface area (Å²) in [5, 5.41) is 6.14. The standard InChI is InChI=1S/C17H28N2O2/c1-17(2,3)14-6-8-15(9-7-14)18-12-10-16(20)19-11-5-13-21-4/h6-9,18H,5,10-13H2,1-4H3,(H,19,20). The lowest BCUT2D eigenvalue weighted by Gasteiger charge is -2.19. The Labute approximate surface area is 128 Å². The van der Waals surface area contributed by atoms with E-state index >= 15 is 0 Å². The zero-order valence-corrected chi connectivity index (χ0v) is 13.7. The average molecular weight is 292 g/mol. The van der Waals surface area contributed by atoms with Gasteiger partial charge in [-0.05, 0) is 29.5 Å². The molecule has 0 spiro atoms. The molecule has 0 aromatic heterocycles. The smallest absolute Gasteiger partial charge is 0.221 e. The van der Waals surface area contributed by atoms with Gasteiger partial charge in [-0.2, -0.15) is 0 Å². The third kappa shape index (κ3) is 7.14. The van der Waals surface area contributed by atoms with Crippen molar-refractivity contribution in [2.75, 3.05) is 32.1 Å². The summed E-state index contributed by atoms with van der Waals surface area (Å²) in [4.78, 5) is 11.6. The largest absolute Gasteiger partial charge is 0.385 e. The molecule has 1 amide bonds. The molecule has 4 nitrogen and oxygen atoms in total. The monoisotopic (exact) mass is 292 g/mol. The number of amides is 1. The highest BCUT2D eigenvalue weighted by Crippen LogP contribution is 2.23. The Kier molecular flexibility index (Phi) is 7.23. The molecule has 0 fully saturated rings. The molecule has 0 aliphatic heterocycles. The van der Waals surface area contributed by atoms with Crippen molar-refractivity contribution in [2.24, 2.45) is 0 Å². The first kappa shape index (κ1) is 17.5. The van der Waals surface area contributed by atoms with Crippen LogP contribution in [0, 0.1) is 0 Å². The van der Waals surface area contributed by atoms with Gasteiger partial charge in [0.2, 0.25) is 5.91 Å². The van der Waals surface area contributed by atoms with Crippen molar-refractivity contribution in [3.8, 4) is 0 Å². The summed E-state index contributed by atoms with van der Waals surface area (Å²) in [7, 11) is 1.66. The average Bonchev–Trinajstić information content (AvgIpc) is 2.43.